The molecule has 2 aliphatic heterocycles. The van der Waals surface area contributed by atoms with Gasteiger partial charge in [-0.1, -0.05) is 36.8 Å². The minimum absolute atomic E-state index is 0.00523. The highest BCUT2D eigenvalue weighted by Crippen LogP contribution is 2.39. The third-order valence-electron chi connectivity index (χ3n) is 4.78. The number of benzene rings is 1. The van der Waals surface area contributed by atoms with Gasteiger partial charge in [0, 0.05) is 6.42 Å². The van der Waals surface area contributed by atoms with Crippen molar-refractivity contribution in [2.75, 3.05) is 6.54 Å². The van der Waals surface area contributed by atoms with Gasteiger partial charge in [0.1, 0.15) is 0 Å². The zero-order valence-electron chi connectivity index (χ0n) is 12.7. The van der Waals surface area contributed by atoms with Crippen molar-refractivity contribution in [2.45, 2.75) is 50.2 Å². The number of likely N-dealkylation sites (tertiary alicyclic amines) is 1. The lowest BCUT2D eigenvalue weighted by Gasteiger charge is -2.32. The van der Waals surface area contributed by atoms with Crippen LogP contribution in [-0.2, 0) is 9.59 Å². The van der Waals surface area contributed by atoms with Gasteiger partial charge >= 0.3 is 0 Å². The van der Waals surface area contributed by atoms with E-state index < -0.39 is 0 Å². The van der Waals surface area contributed by atoms with E-state index >= 15 is 0 Å². The first kappa shape index (κ1) is 15.0. The van der Waals surface area contributed by atoms with E-state index in [4.69, 9.17) is 5.73 Å². The molecule has 118 valence electrons. The van der Waals surface area contributed by atoms with Crippen molar-refractivity contribution < 1.29 is 9.59 Å². The molecule has 0 spiro atoms. The average Bonchev–Trinajstić information content (AvgIpc) is 2.87. The number of nitrogens with two attached hydrogens (primary N) is 1. The Balaban J connectivity index is 1.92. The lowest BCUT2D eigenvalue weighted by atomic mass is 9.97. The highest BCUT2D eigenvalue weighted by molar-refractivity contribution is 5.80. The van der Waals surface area contributed by atoms with E-state index in [-0.39, 0.29) is 36.5 Å². The molecule has 0 saturated carbocycles. The van der Waals surface area contributed by atoms with Gasteiger partial charge in [0.05, 0.1) is 24.7 Å². The van der Waals surface area contributed by atoms with Crippen LogP contribution in [0.3, 0.4) is 0 Å². The van der Waals surface area contributed by atoms with E-state index in [1.54, 1.807) is 0 Å². The molecule has 2 aliphatic rings. The maximum atomic E-state index is 12.4. The molecule has 1 aromatic carbocycles. The number of carbonyl (C=O) groups is 2. The summed E-state index contributed by atoms with van der Waals surface area (Å²) in [4.78, 5) is 26.3. The van der Waals surface area contributed by atoms with Crippen LogP contribution in [0.2, 0.25) is 0 Å². The van der Waals surface area contributed by atoms with Crippen LogP contribution in [0.4, 0.5) is 0 Å². The summed E-state index contributed by atoms with van der Waals surface area (Å²) in [7, 11) is 0. The number of nitrogens with zero attached hydrogens (tertiary/aromatic N) is 1. The standard InChI is InChI=1S/C17H23N3O2/c18-11-17(22)20-14-8-4-5-9-16(21)19-13(14)10-15(20)12-6-2-1-3-7-12/h1-3,6-7,13-15H,4-5,8-11,18H2,(H,19,21)/t13-,14+,15+/m1/s1. The van der Waals surface area contributed by atoms with Crippen molar-refractivity contribution in [3.63, 3.8) is 0 Å². The average molecular weight is 301 g/mol. The van der Waals surface area contributed by atoms with Crippen LogP contribution >= 0.6 is 0 Å². The van der Waals surface area contributed by atoms with Gasteiger partial charge in [0.2, 0.25) is 11.8 Å². The van der Waals surface area contributed by atoms with E-state index in [1.165, 1.54) is 0 Å². The largest absolute Gasteiger partial charge is 0.351 e. The first-order chi connectivity index (χ1) is 10.7. The van der Waals surface area contributed by atoms with Gasteiger partial charge in [0.15, 0.2) is 0 Å². The van der Waals surface area contributed by atoms with Crippen LogP contribution in [0.1, 0.15) is 43.7 Å². The molecule has 0 radical (unpaired) electrons. The van der Waals surface area contributed by atoms with Crippen LogP contribution in [0, 0.1) is 0 Å². The smallest absolute Gasteiger partial charge is 0.237 e. The Morgan fingerprint density at radius 2 is 2.05 bits per heavy atom. The first-order valence-corrected chi connectivity index (χ1v) is 8.06. The number of fused-ring (bicyclic) bond motifs is 1. The highest BCUT2D eigenvalue weighted by atomic mass is 16.2. The van der Waals surface area contributed by atoms with Crippen molar-refractivity contribution in [3.8, 4) is 0 Å². The second-order valence-electron chi connectivity index (χ2n) is 6.15. The molecular weight excluding hydrogens is 278 g/mol. The molecule has 5 heteroatoms. The summed E-state index contributed by atoms with van der Waals surface area (Å²) in [6, 6.07) is 10.1. The molecule has 3 atom stereocenters. The maximum Gasteiger partial charge on any atom is 0.237 e. The van der Waals surface area contributed by atoms with Gasteiger partial charge in [-0.05, 0) is 24.8 Å². The molecular formula is C17H23N3O2. The van der Waals surface area contributed by atoms with Gasteiger partial charge in [0.25, 0.3) is 0 Å². The SMILES string of the molecule is NCC(=O)N1[C@H](c2ccccc2)C[C@H]2NC(=O)CCCC[C@@H]21. The molecule has 2 saturated heterocycles. The fourth-order valence-corrected chi connectivity index (χ4v) is 3.79. The third-order valence-corrected chi connectivity index (χ3v) is 4.78. The summed E-state index contributed by atoms with van der Waals surface area (Å²) in [5.74, 6) is 0.0692. The molecule has 2 amide bonds. The van der Waals surface area contributed by atoms with Gasteiger partial charge < -0.3 is 16.0 Å². The van der Waals surface area contributed by atoms with E-state index in [0.717, 1.165) is 31.2 Å². The predicted molar refractivity (Wildman–Crippen MR) is 83.9 cm³/mol. The molecule has 3 rings (SSSR count). The Morgan fingerprint density at radius 3 is 2.77 bits per heavy atom. The Labute approximate surface area is 130 Å². The van der Waals surface area contributed by atoms with Crippen molar-refractivity contribution in [1.82, 2.24) is 10.2 Å². The normalized spacial score (nSPS) is 28.5. The van der Waals surface area contributed by atoms with E-state index in [1.807, 2.05) is 35.2 Å². The minimum Gasteiger partial charge on any atom is -0.351 e. The number of carbonyl (C=O) groups excluding carboxylic acids is 2. The molecule has 0 aromatic heterocycles. The molecule has 3 N–H and O–H groups in total. The lowest BCUT2D eigenvalue weighted by Crippen LogP contribution is -2.49. The zero-order valence-corrected chi connectivity index (χ0v) is 12.7. The monoisotopic (exact) mass is 301 g/mol. The third kappa shape index (κ3) is 2.86. The van der Waals surface area contributed by atoms with E-state index in [9.17, 15) is 9.59 Å². The zero-order chi connectivity index (χ0) is 15.5. The van der Waals surface area contributed by atoms with Crippen LogP contribution in [0.15, 0.2) is 30.3 Å². The fraction of sp³-hybridized carbons (Fsp3) is 0.529. The van der Waals surface area contributed by atoms with Gasteiger partial charge in [-0.15, -0.1) is 0 Å². The maximum absolute atomic E-state index is 12.4. The molecule has 5 nitrogen and oxygen atoms in total. The fourth-order valence-electron chi connectivity index (χ4n) is 3.79. The second kappa shape index (κ2) is 6.48. The topological polar surface area (TPSA) is 75.4 Å². The predicted octanol–water partition coefficient (Wildman–Crippen LogP) is 1.35. The van der Waals surface area contributed by atoms with E-state index in [0.29, 0.717) is 6.42 Å². The summed E-state index contributed by atoms with van der Waals surface area (Å²) in [5.41, 5.74) is 6.75. The van der Waals surface area contributed by atoms with Gasteiger partial charge in [-0.25, -0.2) is 0 Å². The van der Waals surface area contributed by atoms with Crippen LogP contribution < -0.4 is 11.1 Å². The Morgan fingerprint density at radius 1 is 1.27 bits per heavy atom. The van der Waals surface area contributed by atoms with Crippen molar-refractivity contribution in [3.05, 3.63) is 35.9 Å². The number of rotatable bonds is 2. The second-order valence-corrected chi connectivity index (χ2v) is 6.15. The highest BCUT2D eigenvalue weighted by Gasteiger charge is 2.44. The van der Waals surface area contributed by atoms with Crippen molar-refractivity contribution >= 4 is 11.8 Å². The molecule has 22 heavy (non-hydrogen) atoms. The van der Waals surface area contributed by atoms with Crippen LogP contribution in [0.25, 0.3) is 0 Å². The summed E-state index contributed by atoms with van der Waals surface area (Å²) in [6.45, 7) is 0.0144. The summed E-state index contributed by atoms with van der Waals surface area (Å²) in [5, 5.41) is 3.12. The summed E-state index contributed by atoms with van der Waals surface area (Å²) in [6.07, 6.45) is 4.15. The van der Waals surface area contributed by atoms with Gasteiger partial charge in [-0.2, -0.15) is 0 Å². The lowest BCUT2D eigenvalue weighted by molar-refractivity contribution is -0.133. The Hall–Kier alpha value is -1.88. The molecule has 2 fully saturated rings. The number of hydrogen-bond donors (Lipinski definition) is 2. The van der Waals surface area contributed by atoms with Crippen LogP contribution in [0.5, 0.6) is 0 Å². The Kier molecular flexibility index (Phi) is 4.43. The summed E-state index contributed by atoms with van der Waals surface area (Å²) < 4.78 is 0. The van der Waals surface area contributed by atoms with Crippen LogP contribution in [-0.4, -0.2) is 35.3 Å². The summed E-state index contributed by atoms with van der Waals surface area (Å²) >= 11 is 0. The number of nitrogens with one attached hydrogen (secondary N) is 1. The molecule has 1 aromatic rings. The molecule has 0 unspecified atom stereocenters. The minimum atomic E-state index is -0.0313. The van der Waals surface area contributed by atoms with Crippen molar-refractivity contribution in [2.24, 2.45) is 5.73 Å². The Bertz CT molecular complexity index is 546. The molecule has 0 bridgehead atoms. The van der Waals surface area contributed by atoms with Gasteiger partial charge in [-0.3, -0.25) is 9.59 Å². The molecule has 2 heterocycles. The quantitative estimate of drug-likeness (QED) is 0.865. The van der Waals surface area contributed by atoms with E-state index in [2.05, 4.69) is 5.32 Å². The number of hydrogen-bond acceptors (Lipinski definition) is 3. The molecule has 0 aliphatic carbocycles. The number of amides is 2. The first-order valence-electron chi connectivity index (χ1n) is 8.06. The van der Waals surface area contributed by atoms with Crippen molar-refractivity contribution in [1.29, 1.82) is 0 Å².